The van der Waals surface area contributed by atoms with Gasteiger partial charge in [0.2, 0.25) is 0 Å². The van der Waals surface area contributed by atoms with Gasteiger partial charge < -0.3 is 0 Å². The lowest BCUT2D eigenvalue weighted by atomic mass is 9.96. The summed E-state index contributed by atoms with van der Waals surface area (Å²) < 4.78 is 0. The molecular formula is C18H27N. The number of rotatable bonds is 6. The summed E-state index contributed by atoms with van der Waals surface area (Å²) in [5, 5.41) is 0. The molecule has 0 bridgehead atoms. The van der Waals surface area contributed by atoms with Gasteiger partial charge in [-0.15, -0.1) is 0 Å². The number of allylic oxidation sites excluding steroid dienone is 1. The van der Waals surface area contributed by atoms with E-state index in [1.807, 2.05) is 6.07 Å². The standard InChI is InChI=1S/C18H27N/c1-6-19(14-10-13-18(3,4)5)15-16(2)17-11-8-7-9-12-17/h7-13H,2,6,14-15H2,1,3-5H3/b13-10+. The molecule has 1 aromatic rings. The van der Waals surface area contributed by atoms with Gasteiger partial charge in [0.05, 0.1) is 0 Å². The van der Waals surface area contributed by atoms with Crippen molar-refractivity contribution in [1.82, 2.24) is 4.90 Å². The summed E-state index contributed by atoms with van der Waals surface area (Å²) in [6, 6.07) is 10.4. The molecule has 0 saturated carbocycles. The summed E-state index contributed by atoms with van der Waals surface area (Å²) in [5.74, 6) is 0. The molecule has 1 heteroatoms. The molecule has 0 amide bonds. The van der Waals surface area contributed by atoms with Gasteiger partial charge in [-0.3, -0.25) is 4.90 Å². The van der Waals surface area contributed by atoms with Crippen molar-refractivity contribution in [1.29, 1.82) is 0 Å². The first-order valence-corrected chi connectivity index (χ1v) is 7.05. The Morgan fingerprint density at radius 2 is 1.84 bits per heavy atom. The first kappa shape index (κ1) is 15.7. The average Bonchev–Trinajstić information content (AvgIpc) is 2.37. The molecule has 0 aliphatic rings. The minimum atomic E-state index is 0.260. The van der Waals surface area contributed by atoms with Crippen LogP contribution in [0.4, 0.5) is 0 Å². The quantitative estimate of drug-likeness (QED) is 0.672. The van der Waals surface area contributed by atoms with Crippen LogP contribution in [0.15, 0.2) is 49.1 Å². The van der Waals surface area contributed by atoms with Crippen molar-refractivity contribution in [3.8, 4) is 0 Å². The molecule has 1 nitrogen and oxygen atoms in total. The summed E-state index contributed by atoms with van der Waals surface area (Å²) in [6.07, 6.45) is 4.54. The van der Waals surface area contributed by atoms with Gasteiger partial charge in [-0.1, -0.05) is 76.8 Å². The van der Waals surface area contributed by atoms with Crippen LogP contribution in [0.25, 0.3) is 5.57 Å². The van der Waals surface area contributed by atoms with Crippen LogP contribution in [0.2, 0.25) is 0 Å². The smallest absolute Gasteiger partial charge is 0.0236 e. The molecule has 0 spiro atoms. The third-order valence-electron chi connectivity index (χ3n) is 3.03. The van der Waals surface area contributed by atoms with Gasteiger partial charge in [-0.05, 0) is 23.1 Å². The molecule has 0 aliphatic carbocycles. The van der Waals surface area contributed by atoms with Crippen LogP contribution in [0, 0.1) is 5.41 Å². The Morgan fingerprint density at radius 1 is 1.21 bits per heavy atom. The van der Waals surface area contributed by atoms with Gasteiger partial charge in [0, 0.05) is 13.1 Å². The van der Waals surface area contributed by atoms with E-state index in [-0.39, 0.29) is 5.41 Å². The zero-order valence-corrected chi connectivity index (χ0v) is 12.8. The fraction of sp³-hybridized carbons (Fsp3) is 0.444. The van der Waals surface area contributed by atoms with Gasteiger partial charge in [0.1, 0.15) is 0 Å². The molecule has 0 aromatic heterocycles. The van der Waals surface area contributed by atoms with Gasteiger partial charge in [-0.2, -0.15) is 0 Å². The maximum absolute atomic E-state index is 4.20. The van der Waals surface area contributed by atoms with E-state index in [4.69, 9.17) is 0 Å². The zero-order valence-electron chi connectivity index (χ0n) is 12.8. The first-order valence-electron chi connectivity index (χ1n) is 7.05. The van der Waals surface area contributed by atoms with Crippen molar-refractivity contribution in [2.75, 3.05) is 19.6 Å². The van der Waals surface area contributed by atoms with Crippen LogP contribution in [0.3, 0.4) is 0 Å². The molecule has 1 aromatic carbocycles. The molecular weight excluding hydrogens is 230 g/mol. The normalized spacial score (nSPS) is 12.3. The summed E-state index contributed by atoms with van der Waals surface area (Å²) in [6.45, 7) is 16.0. The average molecular weight is 257 g/mol. The Hall–Kier alpha value is -1.34. The van der Waals surface area contributed by atoms with Crippen LogP contribution >= 0.6 is 0 Å². The van der Waals surface area contributed by atoms with E-state index >= 15 is 0 Å². The molecule has 0 saturated heterocycles. The first-order chi connectivity index (χ1) is 8.92. The van der Waals surface area contributed by atoms with E-state index in [0.717, 1.165) is 19.6 Å². The number of hydrogen-bond acceptors (Lipinski definition) is 1. The van der Waals surface area contributed by atoms with Crippen molar-refractivity contribution < 1.29 is 0 Å². The second-order valence-electron chi connectivity index (χ2n) is 6.07. The molecule has 0 N–H and O–H groups in total. The lowest BCUT2D eigenvalue weighted by Gasteiger charge is -2.21. The van der Waals surface area contributed by atoms with Crippen molar-refractivity contribution in [2.24, 2.45) is 5.41 Å². The van der Waals surface area contributed by atoms with Crippen molar-refractivity contribution in [2.45, 2.75) is 27.7 Å². The third kappa shape index (κ3) is 6.40. The van der Waals surface area contributed by atoms with E-state index in [1.165, 1.54) is 11.1 Å². The zero-order chi connectivity index (χ0) is 14.3. The molecule has 0 heterocycles. The van der Waals surface area contributed by atoms with E-state index in [9.17, 15) is 0 Å². The fourth-order valence-corrected chi connectivity index (χ4v) is 1.90. The Balaban J connectivity index is 2.53. The largest absolute Gasteiger partial charge is 0.296 e. The van der Waals surface area contributed by atoms with Gasteiger partial charge >= 0.3 is 0 Å². The highest BCUT2D eigenvalue weighted by Crippen LogP contribution is 2.15. The molecule has 0 atom stereocenters. The molecule has 1 rings (SSSR count). The second-order valence-corrected chi connectivity index (χ2v) is 6.07. The van der Waals surface area contributed by atoms with Crippen LogP contribution < -0.4 is 0 Å². The predicted octanol–water partition coefficient (Wildman–Crippen LogP) is 4.62. The highest BCUT2D eigenvalue weighted by Gasteiger charge is 2.06. The summed E-state index contributed by atoms with van der Waals surface area (Å²) >= 11 is 0. The van der Waals surface area contributed by atoms with Gasteiger partial charge in [0.15, 0.2) is 0 Å². The topological polar surface area (TPSA) is 3.24 Å². The minimum absolute atomic E-state index is 0.260. The van der Waals surface area contributed by atoms with Crippen LogP contribution in [-0.4, -0.2) is 24.5 Å². The molecule has 0 fully saturated rings. The number of hydrogen-bond donors (Lipinski definition) is 0. The predicted molar refractivity (Wildman–Crippen MR) is 86.2 cm³/mol. The third-order valence-corrected chi connectivity index (χ3v) is 3.03. The second kappa shape index (κ2) is 7.30. The molecule has 19 heavy (non-hydrogen) atoms. The Kier molecular flexibility index (Phi) is 6.04. The van der Waals surface area contributed by atoms with Gasteiger partial charge in [-0.25, -0.2) is 0 Å². The fourth-order valence-electron chi connectivity index (χ4n) is 1.90. The van der Waals surface area contributed by atoms with Crippen molar-refractivity contribution >= 4 is 5.57 Å². The van der Waals surface area contributed by atoms with E-state index in [0.29, 0.717) is 0 Å². The summed E-state index contributed by atoms with van der Waals surface area (Å²) in [5.41, 5.74) is 2.68. The van der Waals surface area contributed by atoms with Crippen LogP contribution in [0.5, 0.6) is 0 Å². The van der Waals surface area contributed by atoms with E-state index in [2.05, 4.69) is 75.6 Å². The minimum Gasteiger partial charge on any atom is -0.296 e. The monoisotopic (exact) mass is 257 g/mol. The van der Waals surface area contributed by atoms with Crippen molar-refractivity contribution in [3.63, 3.8) is 0 Å². The highest BCUT2D eigenvalue weighted by atomic mass is 15.1. The van der Waals surface area contributed by atoms with Gasteiger partial charge in [0.25, 0.3) is 0 Å². The molecule has 0 radical (unpaired) electrons. The lowest BCUT2D eigenvalue weighted by molar-refractivity contribution is 0.358. The Morgan fingerprint density at radius 3 is 2.37 bits per heavy atom. The lowest BCUT2D eigenvalue weighted by Crippen LogP contribution is -2.25. The molecule has 0 aliphatic heterocycles. The highest BCUT2D eigenvalue weighted by molar-refractivity contribution is 5.64. The maximum atomic E-state index is 4.20. The van der Waals surface area contributed by atoms with E-state index < -0.39 is 0 Å². The van der Waals surface area contributed by atoms with Crippen molar-refractivity contribution in [3.05, 3.63) is 54.6 Å². The number of nitrogens with zero attached hydrogens (tertiary/aromatic N) is 1. The van der Waals surface area contributed by atoms with Crippen LogP contribution in [-0.2, 0) is 0 Å². The number of benzene rings is 1. The summed E-state index contributed by atoms with van der Waals surface area (Å²) in [4.78, 5) is 2.40. The maximum Gasteiger partial charge on any atom is 0.0236 e. The summed E-state index contributed by atoms with van der Waals surface area (Å²) in [7, 11) is 0. The molecule has 0 unspecified atom stereocenters. The SMILES string of the molecule is C=C(CN(CC)C/C=C/C(C)(C)C)c1ccccc1. The molecule has 104 valence electrons. The Labute approximate surface area is 118 Å². The van der Waals surface area contributed by atoms with E-state index in [1.54, 1.807) is 0 Å². The number of likely N-dealkylation sites (N-methyl/N-ethyl adjacent to an activating group) is 1. The van der Waals surface area contributed by atoms with Crippen LogP contribution in [0.1, 0.15) is 33.3 Å². The Bertz CT molecular complexity index is 409.